The van der Waals surface area contributed by atoms with Gasteiger partial charge in [-0.25, -0.2) is 4.98 Å². The van der Waals surface area contributed by atoms with Gasteiger partial charge in [0, 0.05) is 30.1 Å². The molecule has 0 amide bonds. The molecule has 0 fully saturated rings. The summed E-state index contributed by atoms with van der Waals surface area (Å²) in [6.45, 7) is 3.78. The molecular formula is C14H16ClN3O2. The summed E-state index contributed by atoms with van der Waals surface area (Å²) in [6.07, 6.45) is 3.19. The average Bonchev–Trinajstić information content (AvgIpc) is 2.42. The van der Waals surface area contributed by atoms with E-state index in [0.717, 1.165) is 5.56 Å². The summed E-state index contributed by atoms with van der Waals surface area (Å²) >= 11 is 6.04. The van der Waals surface area contributed by atoms with Crippen LogP contribution in [-0.2, 0) is 13.2 Å². The van der Waals surface area contributed by atoms with Crippen molar-refractivity contribution in [1.29, 1.82) is 0 Å². The van der Waals surface area contributed by atoms with Gasteiger partial charge in [0.25, 0.3) is 0 Å². The van der Waals surface area contributed by atoms with Crippen molar-refractivity contribution in [2.24, 2.45) is 0 Å². The van der Waals surface area contributed by atoms with Crippen LogP contribution in [0.2, 0.25) is 5.15 Å². The Kier molecular flexibility index (Phi) is 4.42. The second-order valence-electron chi connectivity index (χ2n) is 4.50. The normalized spacial score (nSPS) is 10.6. The number of aliphatic hydroxyl groups excluding tert-OH is 1. The third-order valence-electron chi connectivity index (χ3n) is 3.16. The standard InChI is InChI=1S/C14H16ClN3O2/c1-8-3-4-16-14(15)12(8)18-6-11-10(7-19)5-17-9(2)13(11)20/h3-5,18-20H,6-7H2,1-2H3. The van der Waals surface area contributed by atoms with E-state index < -0.39 is 0 Å². The molecule has 6 heteroatoms. The molecule has 0 bridgehead atoms. The van der Waals surface area contributed by atoms with Gasteiger partial charge in [0.1, 0.15) is 5.75 Å². The SMILES string of the molecule is Cc1ccnc(Cl)c1NCc1c(CO)cnc(C)c1O. The van der Waals surface area contributed by atoms with Gasteiger partial charge in [-0.05, 0) is 25.5 Å². The van der Waals surface area contributed by atoms with Crippen molar-refractivity contribution in [1.82, 2.24) is 9.97 Å². The summed E-state index contributed by atoms with van der Waals surface area (Å²) in [5, 5.41) is 22.9. The van der Waals surface area contributed by atoms with Crippen LogP contribution in [0.25, 0.3) is 0 Å². The zero-order chi connectivity index (χ0) is 14.7. The fraction of sp³-hybridized carbons (Fsp3) is 0.286. The van der Waals surface area contributed by atoms with E-state index in [4.69, 9.17) is 11.6 Å². The molecule has 20 heavy (non-hydrogen) atoms. The Morgan fingerprint density at radius 2 is 2.05 bits per heavy atom. The summed E-state index contributed by atoms with van der Waals surface area (Å²) in [5.41, 5.74) is 3.39. The fourth-order valence-electron chi connectivity index (χ4n) is 1.93. The number of nitrogens with zero attached hydrogens (tertiary/aromatic N) is 2. The van der Waals surface area contributed by atoms with Crippen LogP contribution in [0.5, 0.6) is 5.75 Å². The smallest absolute Gasteiger partial charge is 0.152 e. The van der Waals surface area contributed by atoms with E-state index in [1.54, 1.807) is 19.3 Å². The van der Waals surface area contributed by atoms with Crippen molar-refractivity contribution >= 4 is 17.3 Å². The first kappa shape index (κ1) is 14.6. The summed E-state index contributed by atoms with van der Waals surface area (Å²) in [7, 11) is 0. The van der Waals surface area contributed by atoms with Crippen LogP contribution in [-0.4, -0.2) is 20.2 Å². The molecule has 0 saturated heterocycles. The Morgan fingerprint density at radius 3 is 2.70 bits per heavy atom. The fourth-order valence-corrected chi connectivity index (χ4v) is 2.20. The molecule has 5 nitrogen and oxygen atoms in total. The van der Waals surface area contributed by atoms with Crippen LogP contribution in [0.1, 0.15) is 22.4 Å². The van der Waals surface area contributed by atoms with E-state index in [2.05, 4.69) is 15.3 Å². The number of halogens is 1. The predicted octanol–water partition coefficient (Wildman–Crippen LogP) is 2.56. The van der Waals surface area contributed by atoms with E-state index in [9.17, 15) is 10.2 Å². The predicted molar refractivity (Wildman–Crippen MR) is 77.9 cm³/mol. The molecule has 2 aromatic rings. The number of aromatic nitrogens is 2. The van der Waals surface area contributed by atoms with Gasteiger partial charge in [-0.15, -0.1) is 0 Å². The summed E-state index contributed by atoms with van der Waals surface area (Å²) in [5.74, 6) is 0.0849. The number of hydrogen-bond donors (Lipinski definition) is 3. The van der Waals surface area contributed by atoms with Crippen LogP contribution in [0.4, 0.5) is 5.69 Å². The highest BCUT2D eigenvalue weighted by atomic mass is 35.5. The maximum atomic E-state index is 10.1. The van der Waals surface area contributed by atoms with E-state index in [-0.39, 0.29) is 12.4 Å². The highest BCUT2D eigenvalue weighted by molar-refractivity contribution is 6.32. The quantitative estimate of drug-likeness (QED) is 0.755. The molecule has 0 unspecified atom stereocenters. The molecule has 0 saturated carbocycles. The van der Waals surface area contributed by atoms with Crippen molar-refractivity contribution in [3.05, 3.63) is 46.0 Å². The van der Waals surface area contributed by atoms with E-state index in [0.29, 0.717) is 34.2 Å². The molecule has 0 spiro atoms. The molecule has 0 aromatic carbocycles. The van der Waals surface area contributed by atoms with Gasteiger partial charge in [0.15, 0.2) is 5.15 Å². The van der Waals surface area contributed by atoms with E-state index >= 15 is 0 Å². The molecule has 3 N–H and O–H groups in total. The number of nitrogens with one attached hydrogen (secondary N) is 1. The van der Waals surface area contributed by atoms with Gasteiger partial charge in [-0.2, -0.15) is 0 Å². The number of aryl methyl sites for hydroxylation is 2. The first-order chi connectivity index (χ1) is 9.54. The molecule has 0 aliphatic carbocycles. The Hall–Kier alpha value is -1.85. The molecule has 2 rings (SSSR count). The molecular weight excluding hydrogens is 278 g/mol. The highest BCUT2D eigenvalue weighted by Crippen LogP contribution is 2.27. The average molecular weight is 294 g/mol. The van der Waals surface area contributed by atoms with Crippen LogP contribution in [0.15, 0.2) is 18.5 Å². The molecule has 2 aromatic heterocycles. The zero-order valence-corrected chi connectivity index (χ0v) is 12.1. The number of aromatic hydroxyl groups is 1. The minimum Gasteiger partial charge on any atom is -0.506 e. The maximum Gasteiger partial charge on any atom is 0.152 e. The lowest BCUT2D eigenvalue weighted by molar-refractivity contribution is 0.279. The van der Waals surface area contributed by atoms with Crippen molar-refractivity contribution < 1.29 is 10.2 Å². The molecule has 0 aliphatic heterocycles. The summed E-state index contributed by atoms with van der Waals surface area (Å²) in [4.78, 5) is 8.04. The lowest BCUT2D eigenvalue weighted by Crippen LogP contribution is -2.07. The Morgan fingerprint density at radius 1 is 1.30 bits per heavy atom. The Balaban J connectivity index is 2.29. The Bertz CT molecular complexity index is 612. The molecule has 0 radical (unpaired) electrons. The van der Waals surface area contributed by atoms with E-state index in [1.165, 1.54) is 0 Å². The monoisotopic (exact) mass is 293 g/mol. The van der Waals surface area contributed by atoms with Gasteiger partial charge in [0.05, 0.1) is 18.0 Å². The highest BCUT2D eigenvalue weighted by Gasteiger charge is 2.12. The van der Waals surface area contributed by atoms with Crippen LogP contribution >= 0.6 is 11.6 Å². The molecule has 106 valence electrons. The number of hydrogen-bond acceptors (Lipinski definition) is 5. The first-order valence-corrected chi connectivity index (χ1v) is 6.54. The third kappa shape index (κ3) is 2.84. The number of aliphatic hydroxyl groups is 1. The van der Waals surface area contributed by atoms with Crippen LogP contribution in [0, 0.1) is 13.8 Å². The van der Waals surface area contributed by atoms with Crippen molar-refractivity contribution in [3.8, 4) is 5.75 Å². The van der Waals surface area contributed by atoms with Crippen molar-refractivity contribution in [3.63, 3.8) is 0 Å². The summed E-state index contributed by atoms with van der Waals surface area (Å²) < 4.78 is 0. The van der Waals surface area contributed by atoms with Gasteiger partial charge in [0.2, 0.25) is 0 Å². The largest absolute Gasteiger partial charge is 0.506 e. The van der Waals surface area contributed by atoms with Crippen molar-refractivity contribution in [2.75, 3.05) is 5.32 Å². The van der Waals surface area contributed by atoms with Gasteiger partial charge < -0.3 is 15.5 Å². The van der Waals surface area contributed by atoms with E-state index in [1.807, 2.05) is 13.0 Å². The lowest BCUT2D eigenvalue weighted by Gasteiger charge is -2.14. The molecule has 0 aliphatic rings. The number of pyridine rings is 2. The minimum atomic E-state index is -0.183. The zero-order valence-electron chi connectivity index (χ0n) is 11.3. The number of rotatable bonds is 4. The maximum absolute atomic E-state index is 10.1. The molecule has 2 heterocycles. The third-order valence-corrected chi connectivity index (χ3v) is 3.44. The second kappa shape index (κ2) is 6.07. The lowest BCUT2D eigenvalue weighted by atomic mass is 10.1. The minimum absolute atomic E-state index is 0.0849. The first-order valence-electron chi connectivity index (χ1n) is 6.16. The van der Waals surface area contributed by atoms with Gasteiger partial charge in [-0.3, -0.25) is 4.98 Å². The number of anilines is 1. The van der Waals surface area contributed by atoms with Gasteiger partial charge >= 0.3 is 0 Å². The van der Waals surface area contributed by atoms with Crippen molar-refractivity contribution in [2.45, 2.75) is 27.0 Å². The topological polar surface area (TPSA) is 78.3 Å². The Labute approximate surface area is 122 Å². The summed E-state index contributed by atoms with van der Waals surface area (Å²) in [6, 6.07) is 1.85. The van der Waals surface area contributed by atoms with Crippen LogP contribution < -0.4 is 5.32 Å². The van der Waals surface area contributed by atoms with Gasteiger partial charge in [-0.1, -0.05) is 11.6 Å². The van der Waals surface area contributed by atoms with Crippen LogP contribution in [0.3, 0.4) is 0 Å². The molecule has 0 atom stereocenters. The second-order valence-corrected chi connectivity index (χ2v) is 4.86.